The number of aromatic nitrogens is 4. The molecule has 0 atom stereocenters. The minimum absolute atomic E-state index is 0.0327. The van der Waals surface area contributed by atoms with Crippen LogP contribution in [0.15, 0.2) is 51.8 Å². The fraction of sp³-hybridized carbons (Fsp3) is 0.304. The summed E-state index contributed by atoms with van der Waals surface area (Å²) in [6, 6.07) is 12.7. The molecule has 10 nitrogen and oxygen atoms in total. The lowest BCUT2D eigenvalue weighted by molar-refractivity contribution is -0.146. The van der Waals surface area contributed by atoms with Gasteiger partial charge in [-0.25, -0.2) is 4.79 Å². The van der Waals surface area contributed by atoms with Gasteiger partial charge >= 0.3 is 11.7 Å². The number of hydrogen-bond donors (Lipinski definition) is 0. The zero-order valence-electron chi connectivity index (χ0n) is 18.6. The molecule has 0 spiro atoms. The van der Waals surface area contributed by atoms with E-state index in [9.17, 15) is 9.59 Å². The molecule has 4 rings (SSSR count). The van der Waals surface area contributed by atoms with Crippen molar-refractivity contribution in [3.8, 4) is 22.9 Å². The Morgan fingerprint density at radius 1 is 1.06 bits per heavy atom. The summed E-state index contributed by atoms with van der Waals surface area (Å²) in [6.07, 6.45) is 0.0327. The summed E-state index contributed by atoms with van der Waals surface area (Å²) in [5, 5.41) is 3.93. The zero-order chi connectivity index (χ0) is 23.4. The molecule has 0 fully saturated rings. The Kier molecular flexibility index (Phi) is 6.43. The normalized spacial score (nSPS) is 11.0. The molecule has 0 aliphatic rings. The third kappa shape index (κ3) is 4.45. The minimum atomic E-state index is -0.475. The van der Waals surface area contributed by atoms with Crippen LogP contribution >= 0.6 is 0 Å². The molecular formula is C23H24N4O6. The van der Waals surface area contributed by atoms with E-state index in [-0.39, 0.29) is 31.2 Å². The first-order chi connectivity index (χ1) is 16.0. The minimum Gasteiger partial charge on any atom is -0.497 e. The molecule has 0 aliphatic heterocycles. The van der Waals surface area contributed by atoms with Crippen molar-refractivity contribution in [1.29, 1.82) is 0 Å². The predicted molar refractivity (Wildman–Crippen MR) is 119 cm³/mol. The third-order valence-electron chi connectivity index (χ3n) is 5.26. The summed E-state index contributed by atoms with van der Waals surface area (Å²) in [7, 11) is 3.09. The highest BCUT2D eigenvalue weighted by atomic mass is 16.6. The number of carbonyl (C=O) groups excluding carboxylic acids is 1. The molecule has 4 aromatic rings. The number of fused-ring (bicyclic) bond motifs is 1. The Morgan fingerprint density at radius 2 is 1.82 bits per heavy atom. The molecule has 33 heavy (non-hydrogen) atoms. The Balaban J connectivity index is 1.39. The molecule has 0 saturated carbocycles. The zero-order valence-corrected chi connectivity index (χ0v) is 18.6. The van der Waals surface area contributed by atoms with Gasteiger partial charge in [0.15, 0.2) is 6.61 Å². The van der Waals surface area contributed by atoms with Crippen molar-refractivity contribution in [1.82, 2.24) is 19.3 Å². The van der Waals surface area contributed by atoms with E-state index in [4.69, 9.17) is 18.7 Å². The number of carbonyl (C=O) groups is 1. The van der Waals surface area contributed by atoms with Gasteiger partial charge < -0.3 is 18.7 Å². The highest BCUT2D eigenvalue weighted by Gasteiger charge is 2.17. The summed E-state index contributed by atoms with van der Waals surface area (Å²) < 4.78 is 24.3. The number of esters is 1. The van der Waals surface area contributed by atoms with Crippen molar-refractivity contribution in [3.63, 3.8) is 0 Å². The molecule has 0 aliphatic carbocycles. The number of nitrogens with zero attached hydrogens (tertiary/aromatic N) is 4. The van der Waals surface area contributed by atoms with E-state index in [0.717, 1.165) is 11.0 Å². The smallest absolute Gasteiger partial charge is 0.329 e. The van der Waals surface area contributed by atoms with Gasteiger partial charge in [0.05, 0.1) is 37.2 Å². The molecule has 172 valence electrons. The van der Waals surface area contributed by atoms with Gasteiger partial charge in [0.2, 0.25) is 5.82 Å². The number of aryl methyl sites for hydroxylation is 2. The number of para-hydroxylation sites is 2. The van der Waals surface area contributed by atoms with E-state index in [2.05, 4.69) is 10.1 Å². The van der Waals surface area contributed by atoms with Crippen molar-refractivity contribution in [2.75, 3.05) is 14.2 Å². The SMILES string of the molecule is CCn1c(=O)n(CCC(=O)OCc2nc(-c3ccc(OC)cc3OC)no2)c2ccccc21. The third-order valence-corrected chi connectivity index (χ3v) is 5.26. The molecule has 0 N–H and O–H groups in total. The fourth-order valence-electron chi connectivity index (χ4n) is 3.62. The van der Waals surface area contributed by atoms with Gasteiger partial charge in [0.1, 0.15) is 11.5 Å². The van der Waals surface area contributed by atoms with Crippen LogP contribution < -0.4 is 15.2 Å². The number of ether oxygens (including phenoxy) is 3. The Labute approximate surface area is 189 Å². The van der Waals surface area contributed by atoms with Gasteiger partial charge in [-0.3, -0.25) is 13.9 Å². The average molecular weight is 452 g/mol. The van der Waals surface area contributed by atoms with E-state index in [0.29, 0.717) is 29.4 Å². The summed E-state index contributed by atoms with van der Waals surface area (Å²) >= 11 is 0. The van der Waals surface area contributed by atoms with Gasteiger partial charge in [0, 0.05) is 19.2 Å². The van der Waals surface area contributed by atoms with Gasteiger partial charge in [-0.1, -0.05) is 17.3 Å². The van der Waals surface area contributed by atoms with Crippen LogP contribution in [0.25, 0.3) is 22.4 Å². The van der Waals surface area contributed by atoms with Crippen LogP contribution in [0, 0.1) is 0 Å². The van der Waals surface area contributed by atoms with Crippen LogP contribution in [-0.4, -0.2) is 39.5 Å². The van der Waals surface area contributed by atoms with Crippen molar-refractivity contribution in [2.45, 2.75) is 33.0 Å². The van der Waals surface area contributed by atoms with Crippen LogP contribution in [0.1, 0.15) is 19.2 Å². The van der Waals surface area contributed by atoms with Crippen LogP contribution in [0.5, 0.6) is 11.5 Å². The average Bonchev–Trinajstić information content (AvgIpc) is 3.42. The van der Waals surface area contributed by atoms with Crippen LogP contribution in [-0.2, 0) is 29.2 Å². The molecule has 0 saturated heterocycles. The summed E-state index contributed by atoms with van der Waals surface area (Å²) in [5.41, 5.74) is 2.09. The van der Waals surface area contributed by atoms with Crippen molar-refractivity contribution >= 4 is 17.0 Å². The summed E-state index contributed by atoms with van der Waals surface area (Å²) in [6.45, 7) is 2.50. The number of rotatable bonds is 9. The highest BCUT2D eigenvalue weighted by molar-refractivity contribution is 5.76. The molecule has 2 aromatic carbocycles. The summed E-state index contributed by atoms with van der Waals surface area (Å²) in [5.74, 6) is 1.14. The van der Waals surface area contributed by atoms with Crippen molar-refractivity contribution in [3.05, 3.63) is 58.8 Å². The first-order valence-corrected chi connectivity index (χ1v) is 10.4. The molecular weight excluding hydrogens is 428 g/mol. The molecule has 10 heteroatoms. The Bertz CT molecular complexity index is 1340. The van der Waals surface area contributed by atoms with Crippen LogP contribution in [0.2, 0.25) is 0 Å². The van der Waals surface area contributed by atoms with Crippen molar-refractivity contribution < 1.29 is 23.5 Å². The van der Waals surface area contributed by atoms with Crippen LogP contribution in [0.4, 0.5) is 0 Å². The van der Waals surface area contributed by atoms with E-state index in [1.807, 2.05) is 31.2 Å². The second-order valence-electron chi connectivity index (χ2n) is 7.16. The van der Waals surface area contributed by atoms with E-state index >= 15 is 0 Å². The number of methoxy groups -OCH3 is 2. The lowest BCUT2D eigenvalue weighted by Crippen LogP contribution is -2.25. The predicted octanol–water partition coefficient (Wildman–Crippen LogP) is 3.02. The quantitative estimate of drug-likeness (QED) is 0.356. The molecule has 0 amide bonds. The van der Waals surface area contributed by atoms with E-state index < -0.39 is 5.97 Å². The number of imidazole rings is 1. The van der Waals surface area contributed by atoms with Gasteiger partial charge in [-0.05, 0) is 31.2 Å². The maximum atomic E-state index is 12.7. The number of hydrogen-bond acceptors (Lipinski definition) is 8. The van der Waals surface area contributed by atoms with Gasteiger partial charge in [-0.2, -0.15) is 4.98 Å². The largest absolute Gasteiger partial charge is 0.497 e. The molecule has 2 aromatic heterocycles. The summed E-state index contributed by atoms with van der Waals surface area (Å²) in [4.78, 5) is 29.2. The lowest BCUT2D eigenvalue weighted by atomic mass is 10.2. The first-order valence-electron chi connectivity index (χ1n) is 10.4. The van der Waals surface area contributed by atoms with Crippen molar-refractivity contribution in [2.24, 2.45) is 0 Å². The molecule has 2 heterocycles. The molecule has 0 unspecified atom stereocenters. The van der Waals surface area contributed by atoms with E-state index in [1.165, 1.54) is 7.11 Å². The standard InChI is InChI=1S/C23H24N4O6/c1-4-26-17-7-5-6-8-18(17)27(23(26)29)12-11-21(28)32-14-20-24-22(25-33-20)16-10-9-15(30-2)13-19(16)31-3/h5-10,13H,4,11-12,14H2,1-3H3. The maximum Gasteiger partial charge on any atom is 0.329 e. The van der Waals surface area contributed by atoms with E-state index in [1.54, 1.807) is 34.4 Å². The Hall–Kier alpha value is -4.08. The Morgan fingerprint density at radius 3 is 2.52 bits per heavy atom. The molecule has 0 radical (unpaired) electrons. The maximum absolute atomic E-state index is 12.7. The molecule has 0 bridgehead atoms. The first kappa shape index (κ1) is 22.1. The highest BCUT2D eigenvalue weighted by Crippen LogP contribution is 2.31. The fourth-order valence-corrected chi connectivity index (χ4v) is 3.62. The second kappa shape index (κ2) is 9.60. The van der Waals surface area contributed by atoms with Crippen LogP contribution in [0.3, 0.4) is 0 Å². The topological polar surface area (TPSA) is 111 Å². The van der Waals surface area contributed by atoms with Gasteiger partial charge in [-0.15, -0.1) is 0 Å². The number of benzene rings is 2. The monoisotopic (exact) mass is 452 g/mol. The van der Waals surface area contributed by atoms with Gasteiger partial charge in [0.25, 0.3) is 5.89 Å². The lowest BCUT2D eigenvalue weighted by Gasteiger charge is -2.07. The second-order valence-corrected chi connectivity index (χ2v) is 7.16.